The lowest BCUT2D eigenvalue weighted by atomic mass is 10.1. The molecule has 1 aliphatic rings. The van der Waals surface area contributed by atoms with Crippen LogP contribution in [0.5, 0.6) is 0 Å². The van der Waals surface area contributed by atoms with E-state index in [4.69, 9.17) is 4.74 Å². The van der Waals surface area contributed by atoms with Crippen molar-refractivity contribution in [3.05, 3.63) is 33.9 Å². The minimum absolute atomic E-state index is 0.0665. The van der Waals surface area contributed by atoms with E-state index in [0.717, 1.165) is 38.8 Å². The third kappa shape index (κ3) is 4.91. The molecule has 1 fully saturated rings. The molecule has 1 aromatic rings. The van der Waals surface area contributed by atoms with Crippen LogP contribution in [0.15, 0.2) is 18.2 Å². The third-order valence-corrected chi connectivity index (χ3v) is 4.18. The largest absolute Gasteiger partial charge is 0.452 e. The Morgan fingerprint density at radius 2 is 1.84 bits per heavy atom. The topological polar surface area (TPSA) is 93.0 Å². The van der Waals surface area contributed by atoms with Crippen LogP contribution in [0.3, 0.4) is 0 Å². The van der Waals surface area contributed by atoms with Crippen LogP contribution in [-0.4, -0.2) is 55.5 Å². The normalized spacial score (nSPS) is 14.6. The summed E-state index contributed by atoms with van der Waals surface area (Å²) in [6.07, 6.45) is 4.23. The van der Waals surface area contributed by atoms with Crippen LogP contribution in [0.4, 0.5) is 11.4 Å². The Balaban J connectivity index is 2.18. The van der Waals surface area contributed by atoms with Gasteiger partial charge < -0.3 is 14.5 Å². The van der Waals surface area contributed by atoms with E-state index in [9.17, 15) is 19.7 Å². The van der Waals surface area contributed by atoms with Crippen molar-refractivity contribution < 1.29 is 19.2 Å². The van der Waals surface area contributed by atoms with E-state index in [-0.39, 0.29) is 17.2 Å². The summed E-state index contributed by atoms with van der Waals surface area (Å²) >= 11 is 0. The molecule has 0 unspecified atom stereocenters. The quantitative estimate of drug-likeness (QED) is 0.460. The lowest BCUT2D eigenvalue weighted by Gasteiger charge is -2.22. The molecule has 0 radical (unpaired) electrons. The molecule has 1 amide bonds. The molecular formula is C17H23N3O5. The Morgan fingerprint density at radius 1 is 1.20 bits per heavy atom. The second-order valence-corrected chi connectivity index (χ2v) is 6.23. The summed E-state index contributed by atoms with van der Waals surface area (Å²) in [4.78, 5) is 37.8. The lowest BCUT2D eigenvalue weighted by Crippen LogP contribution is -2.27. The summed E-state index contributed by atoms with van der Waals surface area (Å²) in [5.41, 5.74) is 0.472. The molecule has 1 heterocycles. The predicted molar refractivity (Wildman–Crippen MR) is 92.8 cm³/mol. The SMILES string of the molecule is CN(C)C(=O)COC(=O)c1ccc(N2CCCCCC2)c([N+](=O)[O-])c1. The molecule has 1 saturated heterocycles. The van der Waals surface area contributed by atoms with Crippen molar-refractivity contribution in [1.29, 1.82) is 0 Å². The molecule has 0 aliphatic carbocycles. The number of nitro groups is 1. The van der Waals surface area contributed by atoms with Crippen molar-refractivity contribution in [2.45, 2.75) is 25.7 Å². The number of carbonyl (C=O) groups excluding carboxylic acids is 2. The number of amides is 1. The summed E-state index contributed by atoms with van der Waals surface area (Å²) in [5, 5.41) is 11.4. The summed E-state index contributed by atoms with van der Waals surface area (Å²) in [7, 11) is 3.11. The van der Waals surface area contributed by atoms with E-state index < -0.39 is 17.5 Å². The zero-order valence-electron chi connectivity index (χ0n) is 14.6. The van der Waals surface area contributed by atoms with Crippen LogP contribution in [-0.2, 0) is 9.53 Å². The predicted octanol–water partition coefficient (Wildman–Crippen LogP) is 2.22. The third-order valence-electron chi connectivity index (χ3n) is 4.18. The van der Waals surface area contributed by atoms with E-state index in [2.05, 4.69) is 0 Å². The van der Waals surface area contributed by atoms with Crippen LogP contribution in [0.1, 0.15) is 36.0 Å². The Morgan fingerprint density at radius 3 is 2.40 bits per heavy atom. The first-order chi connectivity index (χ1) is 11.9. The summed E-state index contributed by atoms with van der Waals surface area (Å²) < 4.78 is 4.92. The molecule has 25 heavy (non-hydrogen) atoms. The molecule has 0 N–H and O–H groups in total. The van der Waals surface area contributed by atoms with E-state index in [1.807, 2.05) is 4.90 Å². The number of hydrogen-bond acceptors (Lipinski definition) is 6. The number of nitro benzene ring substituents is 1. The molecule has 0 aromatic heterocycles. The molecule has 2 rings (SSSR count). The highest BCUT2D eigenvalue weighted by Gasteiger charge is 2.23. The van der Waals surface area contributed by atoms with Gasteiger partial charge in [0.15, 0.2) is 6.61 Å². The van der Waals surface area contributed by atoms with E-state index in [0.29, 0.717) is 5.69 Å². The minimum atomic E-state index is -0.749. The number of benzene rings is 1. The summed E-state index contributed by atoms with van der Waals surface area (Å²) in [5.74, 6) is -1.11. The molecule has 8 nitrogen and oxygen atoms in total. The van der Waals surface area contributed by atoms with Crippen LogP contribution >= 0.6 is 0 Å². The average molecular weight is 349 g/mol. The first-order valence-electron chi connectivity index (χ1n) is 8.31. The van der Waals surface area contributed by atoms with Gasteiger partial charge in [-0.15, -0.1) is 0 Å². The maximum absolute atomic E-state index is 12.1. The van der Waals surface area contributed by atoms with Gasteiger partial charge in [-0.3, -0.25) is 14.9 Å². The van der Waals surface area contributed by atoms with Crippen molar-refractivity contribution in [3.63, 3.8) is 0 Å². The minimum Gasteiger partial charge on any atom is -0.452 e. The summed E-state index contributed by atoms with van der Waals surface area (Å²) in [6.45, 7) is 1.14. The van der Waals surface area contributed by atoms with Gasteiger partial charge in [-0.25, -0.2) is 4.79 Å². The molecule has 136 valence electrons. The fourth-order valence-electron chi connectivity index (χ4n) is 2.72. The van der Waals surface area contributed by atoms with Gasteiger partial charge in [-0.1, -0.05) is 12.8 Å². The van der Waals surface area contributed by atoms with Gasteiger partial charge in [-0.05, 0) is 25.0 Å². The van der Waals surface area contributed by atoms with Gasteiger partial charge in [0.05, 0.1) is 10.5 Å². The zero-order valence-corrected chi connectivity index (χ0v) is 14.6. The van der Waals surface area contributed by atoms with Crippen molar-refractivity contribution in [3.8, 4) is 0 Å². The Kier molecular flexibility index (Phi) is 6.32. The monoisotopic (exact) mass is 349 g/mol. The Labute approximate surface area is 146 Å². The number of carbonyl (C=O) groups is 2. The van der Waals surface area contributed by atoms with Gasteiger partial charge in [0, 0.05) is 33.3 Å². The van der Waals surface area contributed by atoms with Crippen LogP contribution in [0, 0.1) is 10.1 Å². The number of esters is 1. The molecular weight excluding hydrogens is 326 g/mol. The maximum atomic E-state index is 12.1. The lowest BCUT2D eigenvalue weighted by molar-refractivity contribution is -0.384. The standard InChI is InChI=1S/C17H23N3O5/c1-18(2)16(21)12-25-17(22)13-7-8-14(15(11-13)20(23)24)19-9-5-3-4-6-10-19/h7-8,11H,3-6,9-10,12H2,1-2H3. The van der Waals surface area contributed by atoms with Crippen LogP contribution in [0.25, 0.3) is 0 Å². The smallest absolute Gasteiger partial charge is 0.338 e. The average Bonchev–Trinajstić information content (AvgIpc) is 2.87. The maximum Gasteiger partial charge on any atom is 0.338 e. The van der Waals surface area contributed by atoms with E-state index in [1.165, 1.54) is 17.0 Å². The van der Waals surface area contributed by atoms with Gasteiger partial charge in [0.2, 0.25) is 0 Å². The first-order valence-corrected chi connectivity index (χ1v) is 8.31. The highest BCUT2D eigenvalue weighted by molar-refractivity contribution is 5.93. The number of hydrogen-bond donors (Lipinski definition) is 0. The number of ether oxygens (including phenoxy) is 1. The van der Waals surface area contributed by atoms with Crippen LogP contribution < -0.4 is 4.90 Å². The molecule has 1 aliphatic heterocycles. The van der Waals surface area contributed by atoms with Crippen molar-refractivity contribution in [2.75, 3.05) is 38.7 Å². The van der Waals surface area contributed by atoms with Gasteiger partial charge in [0.1, 0.15) is 5.69 Å². The molecule has 1 aromatic carbocycles. The van der Waals surface area contributed by atoms with Gasteiger partial charge >= 0.3 is 5.97 Å². The highest BCUT2D eigenvalue weighted by atomic mass is 16.6. The molecule has 8 heteroatoms. The van der Waals surface area contributed by atoms with E-state index >= 15 is 0 Å². The van der Waals surface area contributed by atoms with E-state index in [1.54, 1.807) is 20.2 Å². The molecule has 0 atom stereocenters. The highest BCUT2D eigenvalue weighted by Crippen LogP contribution is 2.31. The fourth-order valence-corrected chi connectivity index (χ4v) is 2.72. The van der Waals surface area contributed by atoms with Crippen LogP contribution in [0.2, 0.25) is 0 Å². The molecule has 0 saturated carbocycles. The van der Waals surface area contributed by atoms with Crippen molar-refractivity contribution in [2.24, 2.45) is 0 Å². The van der Waals surface area contributed by atoms with Gasteiger partial charge in [-0.2, -0.15) is 0 Å². The number of nitrogens with zero attached hydrogens (tertiary/aromatic N) is 3. The zero-order chi connectivity index (χ0) is 18.4. The second-order valence-electron chi connectivity index (χ2n) is 6.23. The Bertz CT molecular complexity index is 652. The van der Waals surface area contributed by atoms with Crippen molar-refractivity contribution >= 4 is 23.3 Å². The molecule has 0 spiro atoms. The fraction of sp³-hybridized carbons (Fsp3) is 0.529. The Hall–Kier alpha value is -2.64. The number of likely N-dealkylation sites (N-methyl/N-ethyl adjacent to an activating group) is 1. The number of rotatable bonds is 5. The second kappa shape index (κ2) is 8.46. The van der Waals surface area contributed by atoms with Crippen molar-refractivity contribution in [1.82, 2.24) is 4.90 Å². The van der Waals surface area contributed by atoms with Gasteiger partial charge in [0.25, 0.3) is 11.6 Å². The molecule has 0 bridgehead atoms. The summed E-state index contributed by atoms with van der Waals surface area (Å²) in [6, 6.07) is 4.33. The number of anilines is 1. The first kappa shape index (κ1) is 18.7.